The smallest absolute Gasteiger partial charge is 0.0442 e. The minimum absolute atomic E-state index is 0.388. The van der Waals surface area contributed by atoms with Gasteiger partial charge in [0.05, 0.1) is 0 Å². The van der Waals surface area contributed by atoms with Crippen LogP contribution in [0.4, 0.5) is 11.4 Å². The van der Waals surface area contributed by atoms with Crippen LogP contribution in [-0.2, 0) is 12.8 Å². The SMILES string of the molecule is CC1=CCCc2c(CCNc3ccc(N(N)[O-])cc3C)c[nH]c21. The van der Waals surface area contributed by atoms with Gasteiger partial charge in [0.25, 0.3) is 0 Å². The van der Waals surface area contributed by atoms with Crippen LogP contribution in [0.1, 0.15) is 35.7 Å². The van der Waals surface area contributed by atoms with Crippen LogP contribution < -0.4 is 16.3 Å². The highest BCUT2D eigenvalue weighted by Gasteiger charge is 2.15. The molecule has 0 fully saturated rings. The Bertz CT molecular complexity index is 731. The van der Waals surface area contributed by atoms with Crippen molar-refractivity contribution in [2.45, 2.75) is 33.1 Å². The van der Waals surface area contributed by atoms with E-state index in [0.717, 1.165) is 37.1 Å². The fourth-order valence-electron chi connectivity index (χ4n) is 3.20. The average molecular weight is 311 g/mol. The van der Waals surface area contributed by atoms with Crippen LogP contribution in [0.15, 0.2) is 30.5 Å². The van der Waals surface area contributed by atoms with E-state index in [0.29, 0.717) is 10.9 Å². The number of nitrogens with one attached hydrogen (secondary N) is 2. The maximum Gasteiger partial charge on any atom is 0.0442 e. The first kappa shape index (κ1) is 15.6. The third-order valence-corrected chi connectivity index (χ3v) is 4.49. The number of anilines is 2. The topological polar surface area (TPSA) is 80.1 Å². The van der Waals surface area contributed by atoms with Crippen LogP contribution in [0.2, 0.25) is 0 Å². The first-order valence-electron chi connectivity index (χ1n) is 7.99. The summed E-state index contributed by atoms with van der Waals surface area (Å²) < 4.78 is 0. The second-order valence-electron chi connectivity index (χ2n) is 6.10. The number of aryl methyl sites for hydroxylation is 1. The molecule has 4 N–H and O–H groups in total. The zero-order valence-corrected chi connectivity index (χ0v) is 13.6. The van der Waals surface area contributed by atoms with E-state index in [4.69, 9.17) is 5.84 Å². The van der Waals surface area contributed by atoms with E-state index in [1.807, 2.05) is 13.0 Å². The molecule has 0 unspecified atom stereocenters. The highest BCUT2D eigenvalue weighted by Crippen LogP contribution is 2.28. The minimum Gasteiger partial charge on any atom is -0.743 e. The second kappa shape index (κ2) is 6.48. The number of nitrogens with zero attached hydrogens (tertiary/aromatic N) is 1. The van der Waals surface area contributed by atoms with Crippen molar-refractivity contribution in [2.24, 2.45) is 5.84 Å². The molecule has 1 aliphatic rings. The van der Waals surface area contributed by atoms with Crippen LogP contribution in [0.5, 0.6) is 0 Å². The molecule has 23 heavy (non-hydrogen) atoms. The Morgan fingerprint density at radius 3 is 2.91 bits per heavy atom. The molecule has 0 amide bonds. The van der Waals surface area contributed by atoms with Gasteiger partial charge in [0.15, 0.2) is 0 Å². The summed E-state index contributed by atoms with van der Waals surface area (Å²) in [4.78, 5) is 3.41. The first-order valence-corrected chi connectivity index (χ1v) is 7.99. The van der Waals surface area contributed by atoms with Crippen LogP contribution in [-0.4, -0.2) is 11.5 Å². The quantitative estimate of drug-likeness (QED) is 0.583. The van der Waals surface area contributed by atoms with E-state index in [2.05, 4.69) is 29.5 Å². The molecule has 0 spiro atoms. The minimum atomic E-state index is 0.388. The molecule has 1 aliphatic carbocycles. The maximum atomic E-state index is 11.1. The molecule has 0 atom stereocenters. The summed E-state index contributed by atoms with van der Waals surface area (Å²) in [5.74, 6) is 5.22. The number of hydrogen-bond acceptors (Lipinski definition) is 4. The van der Waals surface area contributed by atoms with Crippen molar-refractivity contribution in [3.63, 3.8) is 0 Å². The molecule has 1 aromatic carbocycles. The summed E-state index contributed by atoms with van der Waals surface area (Å²) in [5, 5.41) is 14.9. The summed E-state index contributed by atoms with van der Waals surface area (Å²) in [6.45, 7) is 5.00. The summed E-state index contributed by atoms with van der Waals surface area (Å²) >= 11 is 0. The first-order chi connectivity index (χ1) is 11.1. The Morgan fingerprint density at radius 2 is 2.17 bits per heavy atom. The predicted octanol–water partition coefficient (Wildman–Crippen LogP) is 3.51. The van der Waals surface area contributed by atoms with Gasteiger partial charge in [-0.2, -0.15) is 0 Å². The summed E-state index contributed by atoms with van der Waals surface area (Å²) in [6.07, 6.45) is 7.65. The Kier molecular flexibility index (Phi) is 4.41. The molecule has 2 aromatic rings. The van der Waals surface area contributed by atoms with E-state index < -0.39 is 0 Å². The number of hydrogen-bond donors (Lipinski definition) is 3. The molecule has 5 heteroatoms. The molecule has 3 rings (SSSR count). The number of fused-ring (bicyclic) bond motifs is 1. The van der Waals surface area contributed by atoms with Crippen molar-refractivity contribution in [1.29, 1.82) is 0 Å². The second-order valence-corrected chi connectivity index (χ2v) is 6.10. The zero-order chi connectivity index (χ0) is 16.4. The lowest BCUT2D eigenvalue weighted by Crippen LogP contribution is -2.22. The molecule has 0 saturated carbocycles. The van der Waals surface area contributed by atoms with Crippen molar-refractivity contribution in [3.05, 3.63) is 58.1 Å². The number of aromatic amines is 1. The largest absolute Gasteiger partial charge is 0.743 e. The molecule has 0 aliphatic heterocycles. The Hall–Kier alpha value is -2.24. The third-order valence-electron chi connectivity index (χ3n) is 4.49. The Labute approximate surface area is 136 Å². The van der Waals surface area contributed by atoms with E-state index >= 15 is 0 Å². The molecule has 0 saturated heterocycles. The fourth-order valence-corrected chi connectivity index (χ4v) is 3.20. The van der Waals surface area contributed by atoms with E-state index in [1.54, 1.807) is 12.1 Å². The number of allylic oxidation sites excluding steroid dienone is 2. The Morgan fingerprint density at radius 1 is 1.35 bits per heavy atom. The summed E-state index contributed by atoms with van der Waals surface area (Å²) in [6, 6.07) is 5.43. The Balaban J connectivity index is 1.63. The van der Waals surface area contributed by atoms with Gasteiger partial charge in [-0.3, -0.25) is 5.84 Å². The van der Waals surface area contributed by atoms with Gasteiger partial charge < -0.3 is 20.7 Å². The standard InChI is InChI=1S/C18H23N4O/c1-12-4-3-5-16-14(11-21-18(12)16)8-9-20-17-7-6-15(22(19)23)10-13(17)2/h4,6-7,10-11,20-21H,3,5,8-9,19H2,1-2H3/q-1. The van der Waals surface area contributed by atoms with Gasteiger partial charge in [-0.05, 0) is 73.6 Å². The maximum absolute atomic E-state index is 11.1. The highest BCUT2D eigenvalue weighted by atomic mass is 16.5. The molecule has 122 valence electrons. The molecule has 1 heterocycles. The van der Waals surface area contributed by atoms with Crippen LogP contribution in [0.25, 0.3) is 5.57 Å². The van der Waals surface area contributed by atoms with Crippen molar-refractivity contribution in [3.8, 4) is 0 Å². The lowest BCUT2D eigenvalue weighted by molar-refractivity contribution is 0.930. The van der Waals surface area contributed by atoms with Gasteiger partial charge in [-0.15, -0.1) is 0 Å². The lowest BCUT2D eigenvalue weighted by Gasteiger charge is -2.24. The average Bonchev–Trinajstić information content (AvgIpc) is 2.93. The van der Waals surface area contributed by atoms with Gasteiger partial charge in [0.2, 0.25) is 0 Å². The van der Waals surface area contributed by atoms with Crippen LogP contribution in [0, 0.1) is 12.1 Å². The van der Waals surface area contributed by atoms with Crippen molar-refractivity contribution < 1.29 is 0 Å². The molecule has 1 aromatic heterocycles. The number of H-pyrrole nitrogens is 1. The van der Waals surface area contributed by atoms with E-state index in [-0.39, 0.29) is 0 Å². The fraction of sp³-hybridized carbons (Fsp3) is 0.333. The molecule has 5 nitrogen and oxygen atoms in total. The molecule has 0 radical (unpaired) electrons. The number of benzene rings is 1. The van der Waals surface area contributed by atoms with E-state index in [1.165, 1.54) is 22.4 Å². The molecule has 0 bridgehead atoms. The number of rotatable bonds is 5. The van der Waals surface area contributed by atoms with Gasteiger partial charge in [-0.1, -0.05) is 6.08 Å². The van der Waals surface area contributed by atoms with Gasteiger partial charge in [0, 0.05) is 29.8 Å². The van der Waals surface area contributed by atoms with Crippen molar-refractivity contribution in [2.75, 3.05) is 17.0 Å². The lowest BCUT2D eigenvalue weighted by atomic mass is 9.94. The van der Waals surface area contributed by atoms with Crippen molar-refractivity contribution >= 4 is 16.9 Å². The monoisotopic (exact) mass is 311 g/mol. The van der Waals surface area contributed by atoms with Gasteiger partial charge >= 0.3 is 0 Å². The zero-order valence-electron chi connectivity index (χ0n) is 13.6. The molecular formula is C18H23N4O-. The summed E-state index contributed by atoms with van der Waals surface area (Å²) in [7, 11) is 0. The highest BCUT2D eigenvalue weighted by molar-refractivity contribution is 5.67. The number of aromatic nitrogens is 1. The van der Waals surface area contributed by atoms with Crippen molar-refractivity contribution in [1.82, 2.24) is 4.98 Å². The third kappa shape index (κ3) is 3.25. The summed E-state index contributed by atoms with van der Waals surface area (Å²) in [5.41, 5.74) is 8.02. The van der Waals surface area contributed by atoms with E-state index in [9.17, 15) is 5.21 Å². The normalized spacial score (nSPS) is 13.5. The van der Waals surface area contributed by atoms with Gasteiger partial charge in [-0.25, -0.2) is 0 Å². The van der Waals surface area contributed by atoms with Crippen LogP contribution >= 0.6 is 0 Å². The van der Waals surface area contributed by atoms with Gasteiger partial charge in [0.1, 0.15) is 0 Å². The number of hydrazine groups is 1. The molecular weight excluding hydrogens is 288 g/mol. The van der Waals surface area contributed by atoms with Crippen LogP contribution in [0.3, 0.4) is 0 Å². The predicted molar refractivity (Wildman–Crippen MR) is 96.2 cm³/mol. The number of nitrogens with two attached hydrogens (primary N) is 1.